The van der Waals surface area contributed by atoms with Crippen molar-refractivity contribution >= 4 is 38.1 Å². The Hall–Kier alpha value is -3.98. The number of sulfonamides is 1. The van der Waals surface area contributed by atoms with E-state index in [-0.39, 0.29) is 16.6 Å². The molecule has 0 fully saturated rings. The topological polar surface area (TPSA) is 101 Å². The van der Waals surface area contributed by atoms with Crippen LogP contribution in [0.1, 0.15) is 40.3 Å². The molecule has 1 aliphatic carbocycles. The molecule has 2 N–H and O–H groups in total. The number of hydrogen-bond donors (Lipinski definition) is 2. The second-order valence-corrected chi connectivity index (χ2v) is 9.96. The zero-order valence-corrected chi connectivity index (χ0v) is 19.7. The summed E-state index contributed by atoms with van der Waals surface area (Å²) in [6, 6.07) is 17.9. The molecule has 3 aromatic carbocycles. The monoisotopic (exact) mass is 491 g/mol. The Balaban J connectivity index is 1.43. The molecule has 4 aromatic rings. The van der Waals surface area contributed by atoms with Crippen LogP contribution >= 0.6 is 0 Å². The van der Waals surface area contributed by atoms with E-state index in [1.165, 1.54) is 12.1 Å². The number of rotatable bonds is 5. The summed E-state index contributed by atoms with van der Waals surface area (Å²) in [5.74, 6) is -0.162. The number of hydrazone groups is 1. The molecule has 1 heterocycles. The number of nitrogens with zero attached hydrogens (tertiary/aromatic N) is 1. The van der Waals surface area contributed by atoms with Crippen molar-refractivity contribution in [3.05, 3.63) is 95.2 Å². The van der Waals surface area contributed by atoms with E-state index in [9.17, 15) is 17.6 Å². The highest BCUT2D eigenvalue weighted by Gasteiger charge is 2.28. The Labute approximate surface area is 201 Å². The molecule has 178 valence electrons. The molecule has 1 aliphatic rings. The van der Waals surface area contributed by atoms with E-state index >= 15 is 0 Å². The summed E-state index contributed by atoms with van der Waals surface area (Å²) in [5, 5.41) is 9.00. The molecule has 7 nitrogen and oxygen atoms in total. The van der Waals surface area contributed by atoms with Gasteiger partial charge in [-0.05, 0) is 55.5 Å². The summed E-state index contributed by atoms with van der Waals surface area (Å²) in [7, 11) is -3.98. The predicted molar refractivity (Wildman–Crippen MR) is 132 cm³/mol. The fourth-order valence-electron chi connectivity index (χ4n) is 4.29. The van der Waals surface area contributed by atoms with Gasteiger partial charge in [-0.25, -0.2) is 4.39 Å². The van der Waals surface area contributed by atoms with E-state index in [0.29, 0.717) is 47.5 Å². The van der Waals surface area contributed by atoms with Crippen LogP contribution in [0.2, 0.25) is 0 Å². The maximum Gasteiger partial charge on any atom is 0.291 e. The number of amides is 1. The van der Waals surface area contributed by atoms with Crippen molar-refractivity contribution in [1.29, 1.82) is 0 Å². The third-order valence-corrected chi connectivity index (χ3v) is 7.22. The van der Waals surface area contributed by atoms with Gasteiger partial charge in [-0.1, -0.05) is 36.4 Å². The molecule has 1 amide bonds. The molecule has 0 bridgehead atoms. The highest BCUT2D eigenvalue weighted by molar-refractivity contribution is 7.89. The van der Waals surface area contributed by atoms with E-state index in [1.807, 2.05) is 42.5 Å². The molecule has 0 atom stereocenters. The van der Waals surface area contributed by atoms with E-state index in [1.54, 1.807) is 6.92 Å². The van der Waals surface area contributed by atoms with Gasteiger partial charge >= 0.3 is 0 Å². The van der Waals surface area contributed by atoms with Crippen LogP contribution in [0.15, 0.2) is 81.1 Å². The quantitative estimate of drug-likeness (QED) is 0.377. The van der Waals surface area contributed by atoms with Crippen LogP contribution < -0.4 is 10.1 Å². The second-order valence-electron chi connectivity index (χ2n) is 8.30. The maximum atomic E-state index is 13.2. The van der Waals surface area contributed by atoms with Gasteiger partial charge in [-0.15, -0.1) is 0 Å². The molecule has 0 radical (unpaired) electrons. The van der Waals surface area contributed by atoms with Gasteiger partial charge in [-0.3, -0.25) is 4.79 Å². The van der Waals surface area contributed by atoms with Gasteiger partial charge in [-0.2, -0.15) is 18.4 Å². The zero-order chi connectivity index (χ0) is 24.6. The fourth-order valence-corrected chi connectivity index (χ4v) is 5.12. The lowest BCUT2D eigenvalue weighted by molar-refractivity contribution is 0.0994. The van der Waals surface area contributed by atoms with Crippen molar-refractivity contribution in [3.8, 4) is 0 Å². The molecule has 0 saturated heterocycles. The van der Waals surface area contributed by atoms with Crippen LogP contribution in [0.5, 0.6) is 0 Å². The molecule has 0 unspecified atom stereocenters. The number of furan rings is 1. The summed E-state index contributed by atoms with van der Waals surface area (Å²) < 4.78 is 44.2. The minimum atomic E-state index is -3.98. The minimum Gasteiger partial charge on any atom is -0.455 e. The van der Waals surface area contributed by atoms with Gasteiger partial charge in [0.2, 0.25) is 0 Å². The summed E-state index contributed by atoms with van der Waals surface area (Å²) in [6.07, 6.45) is 1.83. The van der Waals surface area contributed by atoms with Gasteiger partial charge in [0, 0.05) is 28.6 Å². The number of hydrogen-bond acceptors (Lipinski definition) is 5. The number of benzene rings is 3. The normalized spacial score (nSPS) is 14.6. The molecular weight excluding hydrogens is 469 g/mol. The van der Waals surface area contributed by atoms with Crippen molar-refractivity contribution < 1.29 is 22.0 Å². The molecule has 0 saturated carbocycles. The first-order valence-corrected chi connectivity index (χ1v) is 12.6. The molecule has 35 heavy (non-hydrogen) atoms. The Bertz CT molecular complexity index is 1570. The lowest BCUT2D eigenvalue weighted by Gasteiger charge is -2.14. The molecule has 0 spiro atoms. The van der Waals surface area contributed by atoms with Crippen molar-refractivity contribution in [3.63, 3.8) is 0 Å². The molecule has 1 aromatic heterocycles. The van der Waals surface area contributed by atoms with Crippen LogP contribution in [-0.4, -0.2) is 20.0 Å². The number of aryl methyl sites for hydroxylation is 1. The fraction of sp³-hybridized carbons (Fsp3) is 0.154. The minimum absolute atomic E-state index is 0.0987. The number of nitrogens with one attached hydrogen (secondary N) is 2. The summed E-state index contributed by atoms with van der Waals surface area (Å²) >= 11 is 0. The Morgan fingerprint density at radius 1 is 1.00 bits per heavy atom. The standard InChI is InChI=1S/C26H22FN3O4S/c1-16-24-22(29-30-35(32,33)19-14-12-18(27)13-15-19)10-5-11-23(24)34-25(16)26(31)28-21-9-4-7-17-6-2-3-8-20(17)21/h2-4,6-9,12-15,30H,5,10-11H2,1H3,(H,28,31)/b29-22+. The van der Waals surface area contributed by atoms with Crippen LogP contribution in [0, 0.1) is 12.7 Å². The lowest BCUT2D eigenvalue weighted by Crippen LogP contribution is -2.22. The van der Waals surface area contributed by atoms with Crippen LogP contribution in [0.4, 0.5) is 10.1 Å². The van der Waals surface area contributed by atoms with Crippen molar-refractivity contribution in [2.24, 2.45) is 5.10 Å². The first-order chi connectivity index (χ1) is 16.8. The number of carbonyl (C=O) groups is 1. The molecule has 0 aliphatic heterocycles. The number of carbonyl (C=O) groups excluding carboxylic acids is 1. The molecule has 5 rings (SSSR count). The third-order valence-electron chi connectivity index (χ3n) is 5.99. The van der Waals surface area contributed by atoms with E-state index in [4.69, 9.17) is 4.42 Å². The molecular formula is C26H22FN3O4S. The van der Waals surface area contributed by atoms with Crippen LogP contribution in [0.25, 0.3) is 10.8 Å². The Morgan fingerprint density at radius 2 is 1.74 bits per heavy atom. The van der Waals surface area contributed by atoms with Crippen LogP contribution in [0.3, 0.4) is 0 Å². The second kappa shape index (κ2) is 8.99. The van der Waals surface area contributed by atoms with Crippen molar-refractivity contribution in [1.82, 2.24) is 4.83 Å². The first-order valence-electron chi connectivity index (χ1n) is 11.1. The van der Waals surface area contributed by atoms with Gasteiger partial charge in [0.15, 0.2) is 5.76 Å². The van der Waals surface area contributed by atoms with E-state index in [2.05, 4.69) is 15.2 Å². The molecule has 9 heteroatoms. The highest BCUT2D eigenvalue weighted by Crippen LogP contribution is 2.31. The van der Waals surface area contributed by atoms with Gasteiger partial charge in [0.25, 0.3) is 15.9 Å². The SMILES string of the molecule is Cc1c(C(=O)Nc2cccc3ccccc23)oc2c1/C(=N/NS(=O)(=O)c1ccc(F)cc1)CCC2. The van der Waals surface area contributed by atoms with Gasteiger partial charge in [0.1, 0.15) is 11.6 Å². The van der Waals surface area contributed by atoms with E-state index < -0.39 is 15.8 Å². The first kappa shape index (κ1) is 22.8. The maximum absolute atomic E-state index is 13.2. The van der Waals surface area contributed by atoms with Gasteiger partial charge in [0.05, 0.1) is 10.6 Å². The van der Waals surface area contributed by atoms with E-state index in [0.717, 1.165) is 22.9 Å². The Kier molecular flexibility index (Phi) is 5.86. The zero-order valence-electron chi connectivity index (χ0n) is 18.8. The summed E-state index contributed by atoms with van der Waals surface area (Å²) in [5.41, 5.74) is 2.39. The van der Waals surface area contributed by atoms with Crippen molar-refractivity contribution in [2.75, 3.05) is 5.32 Å². The summed E-state index contributed by atoms with van der Waals surface area (Å²) in [4.78, 5) is 15.3. The number of fused-ring (bicyclic) bond motifs is 2. The predicted octanol–water partition coefficient (Wildman–Crippen LogP) is 5.15. The highest BCUT2D eigenvalue weighted by atomic mass is 32.2. The number of anilines is 1. The summed E-state index contributed by atoms with van der Waals surface area (Å²) in [6.45, 7) is 1.76. The average Bonchev–Trinajstić information content (AvgIpc) is 3.20. The third kappa shape index (κ3) is 4.42. The smallest absolute Gasteiger partial charge is 0.291 e. The lowest BCUT2D eigenvalue weighted by atomic mass is 9.93. The van der Waals surface area contributed by atoms with Gasteiger partial charge < -0.3 is 9.73 Å². The van der Waals surface area contributed by atoms with Crippen LogP contribution in [-0.2, 0) is 16.4 Å². The largest absolute Gasteiger partial charge is 0.455 e. The average molecular weight is 492 g/mol. The number of halogens is 1. The Morgan fingerprint density at radius 3 is 2.54 bits per heavy atom. The van der Waals surface area contributed by atoms with Crippen molar-refractivity contribution in [2.45, 2.75) is 31.1 Å².